The summed E-state index contributed by atoms with van der Waals surface area (Å²) in [6.45, 7) is 7.30. The van der Waals surface area contributed by atoms with Gasteiger partial charge in [-0.25, -0.2) is 0 Å². The highest BCUT2D eigenvalue weighted by Gasteiger charge is 2.32. The fraction of sp³-hybridized carbons (Fsp3) is 0.583. The fourth-order valence-corrected chi connectivity index (χ4v) is 1.76. The molecule has 1 aromatic rings. The van der Waals surface area contributed by atoms with Crippen LogP contribution in [0.5, 0.6) is 0 Å². The summed E-state index contributed by atoms with van der Waals surface area (Å²) in [6, 6.07) is 1.97. The number of hydrogen-bond acceptors (Lipinski definition) is 4. The Kier molecular flexibility index (Phi) is 3.12. The van der Waals surface area contributed by atoms with E-state index in [0.29, 0.717) is 6.61 Å². The zero-order valence-electron chi connectivity index (χ0n) is 9.99. The lowest BCUT2D eigenvalue weighted by Crippen LogP contribution is -2.26. The van der Waals surface area contributed by atoms with Crippen molar-refractivity contribution < 1.29 is 9.47 Å². The van der Waals surface area contributed by atoms with Crippen LogP contribution in [0.4, 0.5) is 5.69 Å². The van der Waals surface area contributed by atoms with E-state index in [4.69, 9.17) is 9.47 Å². The van der Waals surface area contributed by atoms with Gasteiger partial charge in [0, 0.05) is 24.6 Å². The maximum atomic E-state index is 5.71. The lowest BCUT2D eigenvalue weighted by molar-refractivity contribution is -0.136. The number of aromatic nitrogens is 1. The van der Waals surface area contributed by atoms with Crippen molar-refractivity contribution in [1.29, 1.82) is 0 Å². The molecule has 1 fully saturated rings. The normalized spacial score (nSPS) is 23.3. The summed E-state index contributed by atoms with van der Waals surface area (Å²) in [7, 11) is 0. The van der Waals surface area contributed by atoms with E-state index in [9.17, 15) is 0 Å². The van der Waals surface area contributed by atoms with Crippen molar-refractivity contribution in [2.45, 2.75) is 32.7 Å². The molecule has 1 saturated heterocycles. The summed E-state index contributed by atoms with van der Waals surface area (Å²) in [5.74, 6) is -0.445. The quantitative estimate of drug-likeness (QED) is 0.849. The Labute approximate surface area is 96.0 Å². The Bertz CT molecular complexity index is 366. The van der Waals surface area contributed by atoms with Crippen LogP contribution in [-0.4, -0.2) is 30.0 Å². The first-order chi connectivity index (χ1) is 7.57. The topological polar surface area (TPSA) is 43.4 Å². The van der Waals surface area contributed by atoms with Crippen LogP contribution in [0.2, 0.25) is 0 Å². The molecule has 1 N–H and O–H groups in total. The van der Waals surface area contributed by atoms with E-state index >= 15 is 0 Å². The van der Waals surface area contributed by atoms with Gasteiger partial charge >= 0.3 is 0 Å². The molecule has 0 saturated carbocycles. The highest BCUT2D eigenvalue weighted by atomic mass is 16.7. The highest BCUT2D eigenvalue weighted by molar-refractivity contribution is 5.48. The molecule has 1 aliphatic heterocycles. The van der Waals surface area contributed by atoms with Gasteiger partial charge in [-0.2, -0.15) is 0 Å². The molecule has 1 unspecified atom stereocenters. The van der Waals surface area contributed by atoms with Crippen LogP contribution in [0.25, 0.3) is 0 Å². The number of nitrogens with zero attached hydrogens (tertiary/aromatic N) is 1. The number of pyridine rings is 1. The number of nitrogens with one attached hydrogen (secondary N) is 1. The Balaban J connectivity index is 1.87. The van der Waals surface area contributed by atoms with Crippen molar-refractivity contribution in [2.75, 3.05) is 18.5 Å². The van der Waals surface area contributed by atoms with Crippen molar-refractivity contribution >= 4 is 5.69 Å². The van der Waals surface area contributed by atoms with Gasteiger partial charge in [0.25, 0.3) is 0 Å². The van der Waals surface area contributed by atoms with E-state index in [1.807, 2.05) is 33.0 Å². The minimum Gasteiger partial charge on any atom is -0.382 e. The van der Waals surface area contributed by atoms with Crippen molar-refractivity contribution in [1.82, 2.24) is 4.98 Å². The molecule has 1 aliphatic rings. The van der Waals surface area contributed by atoms with Crippen molar-refractivity contribution in [3.8, 4) is 0 Å². The van der Waals surface area contributed by atoms with Gasteiger partial charge in [0.15, 0.2) is 5.79 Å². The molecule has 0 aliphatic carbocycles. The Hall–Kier alpha value is -1.13. The van der Waals surface area contributed by atoms with Crippen LogP contribution in [0.1, 0.15) is 19.4 Å². The van der Waals surface area contributed by atoms with Crippen LogP contribution in [0, 0.1) is 6.92 Å². The SMILES string of the molecule is Cc1cnccc1NCC1COC(C)(C)O1. The molecule has 1 atom stereocenters. The van der Waals surface area contributed by atoms with Crippen LogP contribution in [-0.2, 0) is 9.47 Å². The van der Waals surface area contributed by atoms with Crippen molar-refractivity contribution in [3.63, 3.8) is 0 Å². The minimum absolute atomic E-state index is 0.113. The maximum Gasteiger partial charge on any atom is 0.163 e. The average Bonchev–Trinajstić information content (AvgIpc) is 2.57. The summed E-state index contributed by atoms with van der Waals surface area (Å²) < 4.78 is 11.2. The van der Waals surface area contributed by atoms with E-state index in [2.05, 4.69) is 10.3 Å². The third-order valence-corrected chi connectivity index (χ3v) is 2.61. The average molecular weight is 222 g/mol. The predicted octanol–water partition coefficient (Wildman–Crippen LogP) is 1.95. The number of ether oxygens (including phenoxy) is 2. The summed E-state index contributed by atoms with van der Waals surface area (Å²) in [5.41, 5.74) is 2.24. The van der Waals surface area contributed by atoms with E-state index in [1.54, 1.807) is 6.20 Å². The second-order valence-corrected chi connectivity index (χ2v) is 4.52. The van der Waals surface area contributed by atoms with Crippen molar-refractivity contribution in [2.24, 2.45) is 0 Å². The molecule has 0 spiro atoms. The molecule has 4 heteroatoms. The Morgan fingerprint density at radius 3 is 3.00 bits per heavy atom. The first-order valence-electron chi connectivity index (χ1n) is 5.53. The number of aryl methyl sites for hydroxylation is 1. The molecule has 88 valence electrons. The lowest BCUT2D eigenvalue weighted by Gasteiger charge is -2.17. The van der Waals surface area contributed by atoms with Crippen LogP contribution in [0.15, 0.2) is 18.5 Å². The first-order valence-corrected chi connectivity index (χ1v) is 5.53. The van der Waals surface area contributed by atoms with Gasteiger partial charge in [0.1, 0.15) is 6.10 Å². The van der Waals surface area contributed by atoms with Gasteiger partial charge in [-0.3, -0.25) is 4.98 Å². The zero-order valence-corrected chi connectivity index (χ0v) is 9.99. The standard InChI is InChI=1S/C12H18N2O2/c1-9-6-13-5-4-11(9)14-7-10-8-15-12(2,3)16-10/h4-6,10H,7-8H2,1-3H3,(H,13,14). The fourth-order valence-electron chi connectivity index (χ4n) is 1.76. The molecule has 16 heavy (non-hydrogen) atoms. The number of anilines is 1. The number of rotatable bonds is 3. The third kappa shape index (κ3) is 2.71. The molecule has 2 heterocycles. The van der Waals surface area contributed by atoms with Gasteiger partial charge in [0.05, 0.1) is 6.61 Å². The van der Waals surface area contributed by atoms with Gasteiger partial charge in [-0.05, 0) is 32.4 Å². The minimum atomic E-state index is -0.445. The van der Waals surface area contributed by atoms with Crippen LogP contribution < -0.4 is 5.32 Å². The molecule has 4 nitrogen and oxygen atoms in total. The zero-order chi connectivity index (χ0) is 11.6. The van der Waals surface area contributed by atoms with E-state index in [0.717, 1.165) is 17.8 Å². The maximum absolute atomic E-state index is 5.71. The lowest BCUT2D eigenvalue weighted by atomic mass is 10.2. The van der Waals surface area contributed by atoms with E-state index in [1.165, 1.54) is 0 Å². The molecule has 0 aromatic carbocycles. The highest BCUT2D eigenvalue weighted by Crippen LogP contribution is 2.22. The Morgan fingerprint density at radius 2 is 2.38 bits per heavy atom. The van der Waals surface area contributed by atoms with Gasteiger partial charge in [-0.15, -0.1) is 0 Å². The van der Waals surface area contributed by atoms with Crippen LogP contribution in [0.3, 0.4) is 0 Å². The van der Waals surface area contributed by atoms with E-state index in [-0.39, 0.29) is 6.10 Å². The molecule has 0 bridgehead atoms. The number of hydrogen-bond donors (Lipinski definition) is 1. The second kappa shape index (κ2) is 4.39. The largest absolute Gasteiger partial charge is 0.382 e. The van der Waals surface area contributed by atoms with Gasteiger partial charge < -0.3 is 14.8 Å². The monoisotopic (exact) mass is 222 g/mol. The predicted molar refractivity (Wildman–Crippen MR) is 62.4 cm³/mol. The van der Waals surface area contributed by atoms with E-state index < -0.39 is 5.79 Å². The molecule has 1 aromatic heterocycles. The molecular weight excluding hydrogens is 204 g/mol. The second-order valence-electron chi connectivity index (χ2n) is 4.52. The molecule has 2 rings (SSSR count). The summed E-state index contributed by atoms with van der Waals surface area (Å²) in [5, 5.41) is 3.35. The van der Waals surface area contributed by atoms with Crippen molar-refractivity contribution in [3.05, 3.63) is 24.0 Å². The van der Waals surface area contributed by atoms with Gasteiger partial charge in [0.2, 0.25) is 0 Å². The van der Waals surface area contributed by atoms with Gasteiger partial charge in [-0.1, -0.05) is 0 Å². The van der Waals surface area contributed by atoms with Crippen LogP contribution >= 0.6 is 0 Å². The summed E-state index contributed by atoms with van der Waals surface area (Å²) in [4.78, 5) is 4.05. The smallest absolute Gasteiger partial charge is 0.163 e. The molecule has 0 radical (unpaired) electrons. The first kappa shape index (κ1) is 11.4. The Morgan fingerprint density at radius 1 is 1.56 bits per heavy atom. The summed E-state index contributed by atoms with van der Waals surface area (Å²) >= 11 is 0. The third-order valence-electron chi connectivity index (χ3n) is 2.61. The summed E-state index contributed by atoms with van der Waals surface area (Å²) in [6.07, 6.45) is 3.74. The molecular formula is C12H18N2O2. The molecule has 0 amide bonds.